The molecule has 0 saturated heterocycles. The summed E-state index contributed by atoms with van der Waals surface area (Å²) in [6.45, 7) is 4.13. The number of aromatic nitrogens is 4. The van der Waals surface area contributed by atoms with Crippen LogP contribution in [-0.2, 0) is 18.9 Å². The summed E-state index contributed by atoms with van der Waals surface area (Å²) in [5.41, 5.74) is 5.59. The number of fused-ring (bicyclic) bond motifs is 1. The fraction of sp³-hybridized carbons (Fsp3) is 0.368. The minimum Gasteiger partial charge on any atom is -0.311 e. The molecule has 4 rings (SSSR count). The van der Waals surface area contributed by atoms with Gasteiger partial charge in [0.15, 0.2) is 11.5 Å². The van der Waals surface area contributed by atoms with E-state index in [1.54, 1.807) is 0 Å². The topological polar surface area (TPSA) is 67.4 Å². The van der Waals surface area contributed by atoms with E-state index < -0.39 is 0 Å². The van der Waals surface area contributed by atoms with Crippen molar-refractivity contribution in [3.05, 3.63) is 41.2 Å². The normalized spacial score (nSPS) is 15.4. The zero-order valence-electron chi connectivity index (χ0n) is 14.2. The van der Waals surface area contributed by atoms with Gasteiger partial charge in [0.25, 0.3) is 0 Å². The van der Waals surface area contributed by atoms with Crippen molar-refractivity contribution < 1.29 is 0 Å². The maximum Gasteiger partial charge on any atom is 0.161 e. The molecule has 24 heavy (non-hydrogen) atoms. The molecule has 1 saturated carbocycles. The Morgan fingerprint density at radius 1 is 1.25 bits per heavy atom. The van der Waals surface area contributed by atoms with Crippen LogP contribution in [0.1, 0.15) is 36.5 Å². The van der Waals surface area contributed by atoms with Crippen LogP contribution in [0.4, 0.5) is 0 Å². The lowest BCUT2D eigenvalue weighted by Gasteiger charge is -2.12. The highest BCUT2D eigenvalue weighted by molar-refractivity contribution is 5.77. The number of nitrogens with zero attached hydrogens (tertiary/aromatic N) is 5. The number of rotatable bonds is 3. The van der Waals surface area contributed by atoms with Crippen LogP contribution in [0, 0.1) is 18.3 Å². The van der Waals surface area contributed by atoms with Gasteiger partial charge >= 0.3 is 0 Å². The van der Waals surface area contributed by atoms with E-state index in [-0.39, 0.29) is 5.41 Å². The molecule has 1 aliphatic carbocycles. The number of nitriles is 1. The summed E-state index contributed by atoms with van der Waals surface area (Å²) in [6, 6.07) is 6.63. The number of hydrogen-bond acceptors (Lipinski definition) is 4. The van der Waals surface area contributed by atoms with Gasteiger partial charge in [-0.1, -0.05) is 13.0 Å². The highest BCUT2D eigenvalue weighted by Gasteiger charge is 2.45. The van der Waals surface area contributed by atoms with Crippen molar-refractivity contribution >= 4 is 11.2 Å². The van der Waals surface area contributed by atoms with E-state index in [4.69, 9.17) is 9.97 Å². The number of aryl methyl sites for hydroxylation is 3. The van der Waals surface area contributed by atoms with E-state index in [2.05, 4.69) is 24.0 Å². The van der Waals surface area contributed by atoms with Crippen LogP contribution in [0.15, 0.2) is 24.5 Å². The Kier molecular flexibility index (Phi) is 3.17. The predicted molar refractivity (Wildman–Crippen MR) is 92.4 cm³/mol. The first kappa shape index (κ1) is 14.8. The van der Waals surface area contributed by atoms with Gasteiger partial charge in [-0.15, -0.1) is 0 Å². The van der Waals surface area contributed by atoms with E-state index in [9.17, 15) is 5.26 Å². The van der Waals surface area contributed by atoms with E-state index in [0.29, 0.717) is 0 Å². The Bertz CT molecular complexity index is 989. The van der Waals surface area contributed by atoms with Crippen LogP contribution in [-0.4, -0.2) is 19.5 Å². The molecule has 120 valence electrons. The Morgan fingerprint density at radius 3 is 2.71 bits per heavy atom. The van der Waals surface area contributed by atoms with Gasteiger partial charge in [-0.2, -0.15) is 5.26 Å². The number of hydrogen-bond donors (Lipinski definition) is 0. The second-order valence-electron chi connectivity index (χ2n) is 6.63. The van der Waals surface area contributed by atoms with E-state index in [1.165, 1.54) is 0 Å². The molecule has 5 heteroatoms. The molecular formula is C19H19N5. The molecule has 5 nitrogen and oxygen atoms in total. The smallest absolute Gasteiger partial charge is 0.161 e. The number of pyridine rings is 2. The van der Waals surface area contributed by atoms with Crippen LogP contribution in [0.5, 0.6) is 0 Å². The molecule has 0 aliphatic heterocycles. The molecule has 3 heterocycles. The van der Waals surface area contributed by atoms with Gasteiger partial charge in [-0.05, 0) is 48.9 Å². The van der Waals surface area contributed by atoms with Crippen LogP contribution >= 0.6 is 0 Å². The second-order valence-corrected chi connectivity index (χ2v) is 6.63. The zero-order chi connectivity index (χ0) is 16.9. The molecule has 0 amide bonds. The summed E-state index contributed by atoms with van der Waals surface area (Å²) < 4.78 is 1.99. The van der Waals surface area contributed by atoms with Crippen LogP contribution in [0.2, 0.25) is 0 Å². The van der Waals surface area contributed by atoms with Crippen molar-refractivity contribution in [1.82, 2.24) is 19.5 Å². The average molecular weight is 317 g/mol. The molecule has 1 fully saturated rings. The molecule has 0 radical (unpaired) electrons. The third-order valence-corrected chi connectivity index (χ3v) is 4.92. The standard InChI is InChI=1S/C19H19N5/c1-4-13-8-14(19(11-20)5-6-19)10-21-16(13)18-23-15-7-12(2)9-22-17(15)24(18)3/h7-10H,4-6H2,1-3H3. The van der Waals surface area contributed by atoms with Gasteiger partial charge < -0.3 is 4.57 Å². The molecular weight excluding hydrogens is 298 g/mol. The molecule has 0 atom stereocenters. The van der Waals surface area contributed by atoms with E-state index >= 15 is 0 Å². The molecule has 0 spiro atoms. The quantitative estimate of drug-likeness (QED) is 0.742. The molecule has 0 aromatic carbocycles. The summed E-state index contributed by atoms with van der Waals surface area (Å²) in [6.07, 6.45) is 6.43. The van der Waals surface area contributed by atoms with Crippen LogP contribution in [0.3, 0.4) is 0 Å². The summed E-state index contributed by atoms with van der Waals surface area (Å²) in [5.74, 6) is 0.827. The van der Waals surface area contributed by atoms with Crippen LogP contribution < -0.4 is 0 Å². The fourth-order valence-corrected chi connectivity index (χ4v) is 3.22. The summed E-state index contributed by atoms with van der Waals surface area (Å²) in [5, 5.41) is 9.42. The maximum atomic E-state index is 9.42. The van der Waals surface area contributed by atoms with Crippen molar-refractivity contribution in [3.8, 4) is 17.6 Å². The monoisotopic (exact) mass is 317 g/mol. The Morgan fingerprint density at radius 2 is 2.04 bits per heavy atom. The van der Waals surface area contributed by atoms with Gasteiger partial charge in [-0.3, -0.25) is 4.98 Å². The predicted octanol–water partition coefficient (Wildman–Crippen LogP) is 3.46. The van der Waals surface area contributed by atoms with Crippen molar-refractivity contribution in [2.45, 2.75) is 38.5 Å². The minimum atomic E-state index is -0.305. The first-order chi connectivity index (χ1) is 11.6. The molecule has 0 bridgehead atoms. The first-order valence-electron chi connectivity index (χ1n) is 8.28. The number of imidazole rings is 1. The van der Waals surface area contributed by atoms with Gasteiger partial charge in [0.1, 0.15) is 11.2 Å². The Balaban J connectivity index is 1.88. The lowest BCUT2D eigenvalue weighted by atomic mass is 9.96. The average Bonchev–Trinajstić information content (AvgIpc) is 3.34. The van der Waals surface area contributed by atoms with Crippen molar-refractivity contribution in [1.29, 1.82) is 5.26 Å². The largest absolute Gasteiger partial charge is 0.311 e. The zero-order valence-corrected chi connectivity index (χ0v) is 14.2. The third-order valence-electron chi connectivity index (χ3n) is 4.92. The summed E-state index contributed by atoms with van der Waals surface area (Å²) in [4.78, 5) is 13.9. The fourth-order valence-electron chi connectivity index (χ4n) is 3.22. The van der Waals surface area contributed by atoms with Gasteiger partial charge in [0.05, 0.1) is 11.5 Å². The van der Waals surface area contributed by atoms with Crippen LogP contribution in [0.25, 0.3) is 22.7 Å². The Hall–Kier alpha value is -2.74. The first-order valence-corrected chi connectivity index (χ1v) is 8.28. The summed E-state index contributed by atoms with van der Waals surface area (Å²) in [7, 11) is 1.97. The lowest BCUT2D eigenvalue weighted by molar-refractivity contribution is 0.880. The molecule has 3 aromatic rings. The highest BCUT2D eigenvalue weighted by Crippen LogP contribution is 2.47. The molecule has 0 unspecified atom stereocenters. The van der Waals surface area contributed by atoms with E-state index in [0.717, 1.165) is 58.6 Å². The van der Waals surface area contributed by atoms with Gasteiger partial charge in [0.2, 0.25) is 0 Å². The minimum absolute atomic E-state index is 0.305. The van der Waals surface area contributed by atoms with E-state index in [1.807, 2.05) is 37.0 Å². The van der Waals surface area contributed by atoms with Gasteiger partial charge in [-0.25, -0.2) is 9.97 Å². The van der Waals surface area contributed by atoms with Gasteiger partial charge in [0, 0.05) is 19.4 Å². The second kappa shape index (κ2) is 5.13. The molecule has 1 aliphatic rings. The van der Waals surface area contributed by atoms with Crippen molar-refractivity contribution in [2.75, 3.05) is 0 Å². The van der Waals surface area contributed by atoms with Crippen molar-refractivity contribution in [2.24, 2.45) is 7.05 Å². The highest BCUT2D eigenvalue weighted by atomic mass is 15.1. The third kappa shape index (κ3) is 2.10. The Labute approximate surface area is 141 Å². The molecule has 0 N–H and O–H groups in total. The maximum absolute atomic E-state index is 9.42. The van der Waals surface area contributed by atoms with Crippen molar-refractivity contribution in [3.63, 3.8) is 0 Å². The summed E-state index contributed by atoms with van der Waals surface area (Å²) >= 11 is 0. The lowest BCUT2D eigenvalue weighted by Crippen LogP contribution is -2.07. The molecule has 3 aromatic heterocycles. The SMILES string of the molecule is CCc1cc(C2(C#N)CC2)cnc1-c1nc2cc(C)cnc2n1C.